The van der Waals surface area contributed by atoms with Gasteiger partial charge in [0.2, 0.25) is 0 Å². The van der Waals surface area contributed by atoms with E-state index >= 15 is 0 Å². The van der Waals surface area contributed by atoms with Gasteiger partial charge in [0, 0.05) is 30.8 Å². The van der Waals surface area contributed by atoms with Gasteiger partial charge in [-0.1, -0.05) is 13.8 Å². The van der Waals surface area contributed by atoms with Crippen LogP contribution < -0.4 is 5.32 Å². The standard InChI is InChI=1S/C13H18N2O4/c1-13(2,7-8-16)9-14-12(17)10-3-5-11(6-4-10)15(18)19/h3-6,16H,7-9H2,1-2H3,(H,14,17). The maximum atomic E-state index is 11.8. The van der Waals surface area contributed by atoms with E-state index < -0.39 is 4.92 Å². The van der Waals surface area contributed by atoms with E-state index in [1.54, 1.807) is 0 Å². The Morgan fingerprint density at radius 1 is 1.37 bits per heavy atom. The van der Waals surface area contributed by atoms with Crippen molar-refractivity contribution < 1.29 is 14.8 Å². The number of aliphatic hydroxyl groups excluding tert-OH is 1. The molecular weight excluding hydrogens is 248 g/mol. The number of nitro groups is 1. The number of non-ortho nitro benzene ring substituents is 1. The number of nitro benzene ring substituents is 1. The Morgan fingerprint density at radius 3 is 2.42 bits per heavy atom. The molecule has 2 N–H and O–H groups in total. The summed E-state index contributed by atoms with van der Waals surface area (Å²) in [4.78, 5) is 21.8. The van der Waals surface area contributed by atoms with Crippen LogP contribution >= 0.6 is 0 Å². The van der Waals surface area contributed by atoms with E-state index in [9.17, 15) is 14.9 Å². The number of carbonyl (C=O) groups is 1. The Kier molecular flexibility index (Phi) is 5.00. The van der Waals surface area contributed by atoms with Crippen LogP contribution in [-0.2, 0) is 0 Å². The quantitative estimate of drug-likeness (QED) is 0.605. The number of hydrogen-bond acceptors (Lipinski definition) is 4. The molecule has 0 saturated heterocycles. The SMILES string of the molecule is CC(C)(CCO)CNC(=O)c1ccc([N+](=O)[O-])cc1. The summed E-state index contributed by atoms with van der Waals surface area (Å²) in [6.45, 7) is 4.39. The molecule has 1 aromatic carbocycles. The molecule has 19 heavy (non-hydrogen) atoms. The fourth-order valence-corrected chi connectivity index (χ4v) is 1.55. The Labute approximate surface area is 111 Å². The molecule has 0 aromatic heterocycles. The average Bonchev–Trinajstić information content (AvgIpc) is 2.36. The van der Waals surface area contributed by atoms with Gasteiger partial charge in [0.15, 0.2) is 0 Å². The maximum Gasteiger partial charge on any atom is 0.269 e. The van der Waals surface area contributed by atoms with E-state index in [1.807, 2.05) is 13.8 Å². The van der Waals surface area contributed by atoms with Gasteiger partial charge < -0.3 is 10.4 Å². The van der Waals surface area contributed by atoms with Crippen molar-refractivity contribution >= 4 is 11.6 Å². The molecule has 0 fully saturated rings. The zero-order chi connectivity index (χ0) is 14.5. The molecule has 0 saturated carbocycles. The van der Waals surface area contributed by atoms with Crippen molar-refractivity contribution in [2.45, 2.75) is 20.3 Å². The zero-order valence-electron chi connectivity index (χ0n) is 11.0. The van der Waals surface area contributed by atoms with Crippen molar-refractivity contribution in [3.63, 3.8) is 0 Å². The van der Waals surface area contributed by atoms with Crippen LogP contribution in [0.2, 0.25) is 0 Å². The molecule has 1 amide bonds. The summed E-state index contributed by atoms with van der Waals surface area (Å²) < 4.78 is 0. The zero-order valence-corrected chi connectivity index (χ0v) is 11.0. The fourth-order valence-electron chi connectivity index (χ4n) is 1.55. The normalized spacial score (nSPS) is 11.1. The van der Waals surface area contributed by atoms with Crippen molar-refractivity contribution in [1.29, 1.82) is 0 Å². The fraction of sp³-hybridized carbons (Fsp3) is 0.462. The minimum Gasteiger partial charge on any atom is -0.396 e. The third-order valence-corrected chi connectivity index (χ3v) is 2.86. The number of nitrogens with zero attached hydrogens (tertiary/aromatic N) is 1. The third-order valence-electron chi connectivity index (χ3n) is 2.86. The first-order valence-electron chi connectivity index (χ1n) is 5.99. The summed E-state index contributed by atoms with van der Waals surface area (Å²) in [7, 11) is 0. The van der Waals surface area contributed by atoms with Gasteiger partial charge in [0.1, 0.15) is 0 Å². The summed E-state index contributed by atoms with van der Waals surface area (Å²) in [5.41, 5.74) is 0.146. The molecule has 6 nitrogen and oxygen atoms in total. The van der Waals surface area contributed by atoms with Crippen molar-refractivity contribution in [2.75, 3.05) is 13.2 Å². The van der Waals surface area contributed by atoms with Crippen LogP contribution in [0.1, 0.15) is 30.6 Å². The van der Waals surface area contributed by atoms with Gasteiger partial charge in [-0.05, 0) is 24.0 Å². The largest absolute Gasteiger partial charge is 0.396 e. The lowest BCUT2D eigenvalue weighted by atomic mass is 9.89. The number of amides is 1. The molecule has 0 heterocycles. The highest BCUT2D eigenvalue weighted by Gasteiger charge is 2.18. The van der Waals surface area contributed by atoms with Crippen LogP contribution in [-0.4, -0.2) is 29.1 Å². The van der Waals surface area contributed by atoms with Crippen LogP contribution in [0.4, 0.5) is 5.69 Å². The van der Waals surface area contributed by atoms with E-state index in [1.165, 1.54) is 24.3 Å². The molecule has 0 bridgehead atoms. The number of aliphatic hydroxyl groups is 1. The summed E-state index contributed by atoms with van der Waals surface area (Å²) in [5, 5.41) is 22.1. The van der Waals surface area contributed by atoms with Gasteiger partial charge in [-0.25, -0.2) is 0 Å². The number of benzene rings is 1. The second kappa shape index (κ2) is 6.29. The van der Waals surface area contributed by atoms with Crippen molar-refractivity contribution in [3.8, 4) is 0 Å². The highest BCUT2D eigenvalue weighted by molar-refractivity contribution is 5.94. The van der Waals surface area contributed by atoms with Crippen LogP contribution in [0, 0.1) is 15.5 Å². The molecule has 0 aliphatic rings. The smallest absolute Gasteiger partial charge is 0.269 e. The van der Waals surface area contributed by atoms with E-state index in [-0.39, 0.29) is 23.6 Å². The van der Waals surface area contributed by atoms with Crippen LogP contribution in [0.5, 0.6) is 0 Å². The van der Waals surface area contributed by atoms with E-state index in [0.717, 1.165) is 0 Å². The Balaban J connectivity index is 2.61. The van der Waals surface area contributed by atoms with Crippen molar-refractivity contribution in [2.24, 2.45) is 5.41 Å². The van der Waals surface area contributed by atoms with Crippen LogP contribution in [0.15, 0.2) is 24.3 Å². The Morgan fingerprint density at radius 2 is 1.95 bits per heavy atom. The van der Waals surface area contributed by atoms with E-state index in [4.69, 9.17) is 5.11 Å². The molecule has 0 unspecified atom stereocenters. The lowest BCUT2D eigenvalue weighted by Gasteiger charge is -2.23. The average molecular weight is 266 g/mol. The minimum absolute atomic E-state index is 0.0443. The molecule has 0 aliphatic carbocycles. The van der Waals surface area contributed by atoms with Gasteiger partial charge in [-0.3, -0.25) is 14.9 Å². The molecule has 6 heteroatoms. The summed E-state index contributed by atoms with van der Waals surface area (Å²) in [6, 6.07) is 5.45. The first-order chi connectivity index (χ1) is 8.85. The molecule has 1 aromatic rings. The van der Waals surface area contributed by atoms with Crippen molar-refractivity contribution in [3.05, 3.63) is 39.9 Å². The summed E-state index contributed by atoms with van der Waals surface area (Å²) in [6.07, 6.45) is 0.591. The Bertz CT molecular complexity index is 454. The topological polar surface area (TPSA) is 92.5 Å². The van der Waals surface area contributed by atoms with E-state index in [2.05, 4.69) is 5.32 Å². The van der Waals surface area contributed by atoms with E-state index in [0.29, 0.717) is 18.5 Å². The lowest BCUT2D eigenvalue weighted by molar-refractivity contribution is -0.384. The molecule has 0 atom stereocenters. The highest BCUT2D eigenvalue weighted by atomic mass is 16.6. The summed E-state index contributed by atoms with van der Waals surface area (Å²) >= 11 is 0. The molecule has 1 rings (SSSR count). The predicted octanol–water partition coefficient (Wildman–Crippen LogP) is 1.73. The van der Waals surface area contributed by atoms with Gasteiger partial charge >= 0.3 is 0 Å². The maximum absolute atomic E-state index is 11.8. The van der Waals surface area contributed by atoms with Gasteiger partial charge in [-0.2, -0.15) is 0 Å². The monoisotopic (exact) mass is 266 g/mol. The number of hydrogen-bond donors (Lipinski definition) is 2. The van der Waals surface area contributed by atoms with Crippen molar-refractivity contribution in [1.82, 2.24) is 5.32 Å². The first kappa shape index (κ1) is 15.1. The Hall–Kier alpha value is -1.95. The summed E-state index contributed by atoms with van der Waals surface area (Å²) in [5.74, 6) is -0.277. The second-order valence-corrected chi connectivity index (χ2v) is 5.12. The number of nitrogens with one attached hydrogen (secondary N) is 1. The molecular formula is C13H18N2O4. The lowest BCUT2D eigenvalue weighted by Crippen LogP contribution is -2.34. The van der Waals surface area contributed by atoms with Gasteiger partial charge in [-0.15, -0.1) is 0 Å². The third kappa shape index (κ3) is 4.67. The predicted molar refractivity (Wildman–Crippen MR) is 70.9 cm³/mol. The number of carbonyl (C=O) groups excluding carboxylic acids is 1. The van der Waals surface area contributed by atoms with Crippen LogP contribution in [0.25, 0.3) is 0 Å². The molecule has 0 spiro atoms. The second-order valence-electron chi connectivity index (χ2n) is 5.12. The molecule has 104 valence electrons. The highest BCUT2D eigenvalue weighted by Crippen LogP contribution is 2.18. The first-order valence-corrected chi connectivity index (χ1v) is 5.99. The number of rotatable bonds is 6. The molecule has 0 aliphatic heterocycles. The van der Waals surface area contributed by atoms with Gasteiger partial charge in [0.25, 0.3) is 11.6 Å². The minimum atomic E-state index is -0.508. The molecule has 0 radical (unpaired) electrons. The van der Waals surface area contributed by atoms with Crippen LogP contribution in [0.3, 0.4) is 0 Å². The van der Waals surface area contributed by atoms with Gasteiger partial charge in [0.05, 0.1) is 4.92 Å².